The molecule has 1 heterocycles. The summed E-state index contributed by atoms with van der Waals surface area (Å²) in [7, 11) is 0. The molecule has 1 aliphatic rings. The number of aromatic nitrogens is 3. The fraction of sp³-hybridized carbons (Fsp3) is 0.250. The number of hydrogen-bond acceptors (Lipinski definition) is 5. The van der Waals surface area contributed by atoms with Gasteiger partial charge in [-0.05, 0) is 25.0 Å². The summed E-state index contributed by atoms with van der Waals surface area (Å²) in [5, 5.41) is 18.5. The van der Waals surface area contributed by atoms with E-state index in [1.807, 2.05) is 0 Å². The molecule has 0 N–H and O–H groups in total. The molecule has 0 atom stereocenters. The van der Waals surface area contributed by atoms with Crippen molar-refractivity contribution in [2.24, 2.45) is 0 Å². The van der Waals surface area contributed by atoms with Crippen molar-refractivity contribution in [3.63, 3.8) is 0 Å². The Kier molecular flexibility index (Phi) is 2.59. The van der Waals surface area contributed by atoms with E-state index >= 15 is 0 Å². The van der Waals surface area contributed by atoms with Gasteiger partial charge in [-0.25, -0.2) is 4.68 Å². The minimum atomic E-state index is -0.454. The molecule has 1 aliphatic carbocycles. The largest absolute Gasteiger partial charge is 0.292 e. The number of benzene rings is 1. The molecule has 0 unspecified atom stereocenters. The standard InChI is InChI=1S/C12H10N4O3/c17-11-3-1-2-10-12(11)13-14-15(10)8-4-6-9(7-5-8)16(18)19/h4-7H,1-3H2. The lowest BCUT2D eigenvalue weighted by Crippen LogP contribution is -2.13. The minimum absolute atomic E-state index is 0.00871. The topological polar surface area (TPSA) is 90.9 Å². The van der Waals surface area contributed by atoms with Crippen LogP contribution in [0, 0.1) is 10.1 Å². The quantitative estimate of drug-likeness (QED) is 0.603. The highest BCUT2D eigenvalue weighted by Crippen LogP contribution is 2.22. The van der Waals surface area contributed by atoms with Crippen LogP contribution in [0.2, 0.25) is 0 Å². The molecule has 0 fully saturated rings. The van der Waals surface area contributed by atoms with Crippen LogP contribution < -0.4 is 0 Å². The van der Waals surface area contributed by atoms with E-state index in [1.54, 1.807) is 16.8 Å². The van der Waals surface area contributed by atoms with E-state index in [2.05, 4.69) is 10.3 Å². The maximum Gasteiger partial charge on any atom is 0.269 e. The van der Waals surface area contributed by atoms with Crippen molar-refractivity contribution in [3.05, 3.63) is 45.8 Å². The summed E-state index contributed by atoms with van der Waals surface area (Å²) in [5.41, 5.74) is 1.90. The normalized spacial score (nSPS) is 14.2. The highest BCUT2D eigenvalue weighted by atomic mass is 16.6. The third-order valence-corrected chi connectivity index (χ3v) is 3.15. The molecule has 3 rings (SSSR count). The number of carbonyl (C=O) groups excluding carboxylic acids is 1. The Morgan fingerprint density at radius 3 is 2.63 bits per heavy atom. The fourth-order valence-corrected chi connectivity index (χ4v) is 2.20. The van der Waals surface area contributed by atoms with E-state index in [9.17, 15) is 14.9 Å². The van der Waals surface area contributed by atoms with E-state index in [-0.39, 0.29) is 11.5 Å². The third kappa shape index (κ3) is 1.88. The second kappa shape index (κ2) is 4.27. The monoisotopic (exact) mass is 258 g/mol. The zero-order valence-corrected chi connectivity index (χ0v) is 9.94. The van der Waals surface area contributed by atoms with Crippen molar-refractivity contribution in [2.75, 3.05) is 0 Å². The van der Waals surface area contributed by atoms with Crippen LogP contribution in [0.15, 0.2) is 24.3 Å². The van der Waals surface area contributed by atoms with E-state index < -0.39 is 4.92 Å². The third-order valence-electron chi connectivity index (χ3n) is 3.15. The lowest BCUT2D eigenvalue weighted by Gasteiger charge is -2.11. The number of nitro groups is 1. The van der Waals surface area contributed by atoms with Gasteiger partial charge < -0.3 is 0 Å². The Labute approximate surface area is 108 Å². The molecule has 19 heavy (non-hydrogen) atoms. The molecule has 0 bridgehead atoms. The van der Waals surface area contributed by atoms with Gasteiger partial charge in [-0.1, -0.05) is 5.21 Å². The number of rotatable bonds is 2. The van der Waals surface area contributed by atoms with Gasteiger partial charge in [-0.3, -0.25) is 14.9 Å². The molecule has 2 aromatic rings. The summed E-state index contributed by atoms with van der Waals surface area (Å²) in [6.07, 6.45) is 2.03. The predicted molar refractivity (Wildman–Crippen MR) is 65.3 cm³/mol. The van der Waals surface area contributed by atoms with E-state index in [4.69, 9.17) is 0 Å². The van der Waals surface area contributed by atoms with Crippen LogP contribution in [0.1, 0.15) is 29.0 Å². The van der Waals surface area contributed by atoms with Crippen molar-refractivity contribution >= 4 is 11.5 Å². The van der Waals surface area contributed by atoms with Gasteiger partial charge in [0.05, 0.1) is 16.3 Å². The Morgan fingerprint density at radius 2 is 1.95 bits per heavy atom. The molecule has 0 saturated carbocycles. The first kappa shape index (κ1) is 11.5. The smallest absolute Gasteiger partial charge is 0.269 e. The second-order valence-electron chi connectivity index (χ2n) is 4.35. The summed E-state index contributed by atoms with van der Waals surface area (Å²) >= 11 is 0. The Morgan fingerprint density at radius 1 is 1.21 bits per heavy atom. The number of nitro benzene ring substituents is 1. The van der Waals surface area contributed by atoms with Crippen LogP contribution in [0.4, 0.5) is 5.69 Å². The SMILES string of the molecule is O=C1CCCc2c1nnn2-c1ccc([N+](=O)[O-])cc1. The molecule has 0 amide bonds. The first-order chi connectivity index (χ1) is 9.16. The van der Waals surface area contributed by atoms with E-state index in [0.717, 1.165) is 18.5 Å². The van der Waals surface area contributed by atoms with Gasteiger partial charge in [0.2, 0.25) is 0 Å². The average molecular weight is 258 g/mol. The molecule has 0 aliphatic heterocycles. The number of hydrogen-bond donors (Lipinski definition) is 0. The van der Waals surface area contributed by atoms with Crippen LogP contribution in [-0.4, -0.2) is 25.7 Å². The van der Waals surface area contributed by atoms with Gasteiger partial charge >= 0.3 is 0 Å². The van der Waals surface area contributed by atoms with Gasteiger partial charge in [-0.15, -0.1) is 5.10 Å². The first-order valence-electron chi connectivity index (χ1n) is 5.89. The molecule has 0 spiro atoms. The number of Topliss-reactive ketones (excluding diaryl/α,β-unsaturated/α-hetero) is 1. The molecule has 7 nitrogen and oxygen atoms in total. The molecule has 7 heteroatoms. The van der Waals surface area contributed by atoms with Crippen LogP contribution >= 0.6 is 0 Å². The summed E-state index contributed by atoms with van der Waals surface area (Å²) in [6, 6.07) is 6.03. The molecule has 96 valence electrons. The van der Waals surface area contributed by atoms with E-state index in [1.165, 1.54) is 12.1 Å². The molecule has 0 radical (unpaired) electrons. The Hall–Kier alpha value is -2.57. The summed E-state index contributed by atoms with van der Waals surface area (Å²) in [4.78, 5) is 21.8. The van der Waals surface area contributed by atoms with Gasteiger partial charge in [-0.2, -0.15) is 0 Å². The molecular formula is C12H10N4O3. The predicted octanol–water partition coefficient (Wildman–Crippen LogP) is 1.69. The zero-order valence-electron chi connectivity index (χ0n) is 9.94. The highest BCUT2D eigenvalue weighted by Gasteiger charge is 2.24. The number of carbonyl (C=O) groups is 1. The Bertz CT molecular complexity index is 660. The van der Waals surface area contributed by atoms with Crippen molar-refractivity contribution in [1.82, 2.24) is 15.0 Å². The second-order valence-corrected chi connectivity index (χ2v) is 4.35. The minimum Gasteiger partial charge on any atom is -0.292 e. The van der Waals surface area contributed by atoms with Gasteiger partial charge in [0.25, 0.3) is 5.69 Å². The van der Waals surface area contributed by atoms with Gasteiger partial charge in [0, 0.05) is 18.6 Å². The van der Waals surface area contributed by atoms with Crippen molar-refractivity contribution < 1.29 is 9.72 Å². The van der Waals surface area contributed by atoms with Gasteiger partial charge in [0.15, 0.2) is 11.5 Å². The summed E-state index contributed by atoms with van der Waals surface area (Å²) in [5.74, 6) is 0.00871. The molecule has 1 aromatic heterocycles. The molecule has 0 saturated heterocycles. The average Bonchev–Trinajstić information content (AvgIpc) is 2.84. The molecular weight excluding hydrogens is 248 g/mol. The van der Waals surface area contributed by atoms with Crippen molar-refractivity contribution in [2.45, 2.75) is 19.3 Å². The maximum atomic E-state index is 11.7. The summed E-state index contributed by atoms with van der Waals surface area (Å²) in [6.45, 7) is 0. The fourth-order valence-electron chi connectivity index (χ4n) is 2.20. The summed E-state index contributed by atoms with van der Waals surface area (Å²) < 4.78 is 1.58. The van der Waals surface area contributed by atoms with Crippen LogP contribution in [0.3, 0.4) is 0 Å². The van der Waals surface area contributed by atoms with Crippen LogP contribution in [-0.2, 0) is 6.42 Å². The number of fused-ring (bicyclic) bond motifs is 1. The van der Waals surface area contributed by atoms with Crippen LogP contribution in [0.25, 0.3) is 5.69 Å². The molecule has 1 aromatic carbocycles. The highest BCUT2D eigenvalue weighted by molar-refractivity contribution is 5.96. The van der Waals surface area contributed by atoms with Crippen LogP contribution in [0.5, 0.6) is 0 Å². The zero-order chi connectivity index (χ0) is 13.4. The number of nitrogens with zero attached hydrogens (tertiary/aromatic N) is 4. The number of ketones is 1. The van der Waals surface area contributed by atoms with E-state index in [0.29, 0.717) is 17.8 Å². The lowest BCUT2D eigenvalue weighted by molar-refractivity contribution is -0.384. The number of non-ortho nitro benzene ring substituents is 1. The van der Waals surface area contributed by atoms with Gasteiger partial charge in [0.1, 0.15) is 0 Å². The lowest BCUT2D eigenvalue weighted by atomic mass is 10.00. The van der Waals surface area contributed by atoms with Crippen molar-refractivity contribution in [1.29, 1.82) is 0 Å². The van der Waals surface area contributed by atoms with Crippen molar-refractivity contribution in [3.8, 4) is 5.69 Å². The Balaban J connectivity index is 2.03. The maximum absolute atomic E-state index is 11.7. The first-order valence-corrected chi connectivity index (χ1v) is 5.89.